The summed E-state index contributed by atoms with van der Waals surface area (Å²) < 4.78 is 33.6. The summed E-state index contributed by atoms with van der Waals surface area (Å²) in [5, 5.41) is 3.20. The van der Waals surface area contributed by atoms with Gasteiger partial charge in [-0.15, -0.1) is 0 Å². The Morgan fingerprint density at radius 2 is 2.24 bits per heavy atom. The molecule has 1 N–H and O–H groups in total. The maximum absolute atomic E-state index is 12.4. The largest absolute Gasteiger partial charge is 0.382 e. The molecule has 0 bridgehead atoms. The zero-order valence-electron chi connectivity index (χ0n) is 14.3. The molecule has 0 saturated carbocycles. The third kappa shape index (κ3) is 6.37. The Morgan fingerprint density at radius 1 is 1.48 bits per heavy atom. The van der Waals surface area contributed by atoms with Gasteiger partial charge in [0.05, 0.1) is 18.9 Å². The van der Waals surface area contributed by atoms with E-state index < -0.39 is 10.1 Å². The molecular weight excluding hydrogens is 368 g/mol. The monoisotopic (exact) mass is 390 g/mol. The number of amides is 2. The number of carbonyl (C=O) groups excluding carboxylic acids is 1. The molecule has 2 amide bonds. The fraction of sp³-hybridized carbons (Fsp3) is 0.562. The van der Waals surface area contributed by atoms with Crippen molar-refractivity contribution in [3.8, 4) is 5.75 Å². The third-order valence-corrected chi connectivity index (χ3v) is 4.41. The van der Waals surface area contributed by atoms with Crippen LogP contribution in [0, 0.1) is 0 Å². The summed E-state index contributed by atoms with van der Waals surface area (Å²) in [5.74, 6) is 0.161. The van der Waals surface area contributed by atoms with Crippen LogP contribution in [-0.2, 0) is 21.4 Å². The van der Waals surface area contributed by atoms with Gasteiger partial charge in [0.15, 0.2) is 0 Å². The zero-order chi connectivity index (χ0) is 18.4. The highest BCUT2D eigenvalue weighted by Gasteiger charge is 2.24. The van der Waals surface area contributed by atoms with Gasteiger partial charge in [-0.1, -0.05) is 11.6 Å². The topological polar surface area (TPSA) is 84.9 Å². The van der Waals surface area contributed by atoms with E-state index in [0.717, 1.165) is 19.1 Å². The third-order valence-electron chi connectivity index (χ3n) is 3.69. The van der Waals surface area contributed by atoms with Crippen molar-refractivity contribution in [3.63, 3.8) is 0 Å². The van der Waals surface area contributed by atoms with E-state index in [1.807, 2.05) is 6.92 Å². The van der Waals surface area contributed by atoms with Crippen LogP contribution in [0.15, 0.2) is 18.2 Å². The summed E-state index contributed by atoms with van der Waals surface area (Å²) in [7, 11) is -3.69. The van der Waals surface area contributed by atoms with Crippen LogP contribution in [0.4, 0.5) is 4.79 Å². The van der Waals surface area contributed by atoms with Gasteiger partial charge in [-0.3, -0.25) is 0 Å². The molecule has 2 rings (SSSR count). The van der Waals surface area contributed by atoms with Gasteiger partial charge in [0.1, 0.15) is 5.75 Å². The number of urea groups is 1. The van der Waals surface area contributed by atoms with Gasteiger partial charge in [-0.2, -0.15) is 8.42 Å². The normalized spacial score (nSPS) is 17.3. The van der Waals surface area contributed by atoms with Crippen LogP contribution < -0.4 is 9.50 Å². The summed E-state index contributed by atoms with van der Waals surface area (Å²) in [6.45, 7) is 3.59. The van der Waals surface area contributed by atoms with E-state index in [1.54, 1.807) is 17.0 Å². The first kappa shape index (κ1) is 19.8. The first-order chi connectivity index (χ1) is 11.8. The molecule has 0 aromatic heterocycles. The van der Waals surface area contributed by atoms with Gasteiger partial charge in [-0.25, -0.2) is 4.79 Å². The Hall–Kier alpha value is -1.51. The molecule has 9 heteroatoms. The SMILES string of the molecule is CCNC(=O)N(Cc1cc(Cl)ccc1OS(C)(=O)=O)C[C@@H]1CCCO1. The number of carbonyl (C=O) groups is 1. The maximum atomic E-state index is 12.4. The number of hydrogen-bond acceptors (Lipinski definition) is 5. The molecule has 25 heavy (non-hydrogen) atoms. The molecule has 7 nitrogen and oxygen atoms in total. The second kappa shape index (κ2) is 8.73. The minimum absolute atomic E-state index is 0.0268. The van der Waals surface area contributed by atoms with Gasteiger partial charge in [-0.05, 0) is 38.0 Å². The van der Waals surface area contributed by atoms with Gasteiger partial charge >= 0.3 is 16.1 Å². The van der Waals surface area contributed by atoms with Gasteiger partial charge in [0.25, 0.3) is 0 Å². The van der Waals surface area contributed by atoms with Gasteiger partial charge in [0, 0.05) is 30.3 Å². The highest BCUT2D eigenvalue weighted by molar-refractivity contribution is 7.86. The van der Waals surface area contributed by atoms with Crippen molar-refractivity contribution >= 4 is 27.8 Å². The van der Waals surface area contributed by atoms with E-state index in [-0.39, 0.29) is 24.4 Å². The number of halogens is 1. The average Bonchev–Trinajstić information content (AvgIpc) is 3.01. The number of benzene rings is 1. The molecule has 1 aliphatic rings. The van der Waals surface area contributed by atoms with Crippen LogP contribution in [0.25, 0.3) is 0 Å². The fourth-order valence-electron chi connectivity index (χ4n) is 2.64. The van der Waals surface area contributed by atoms with E-state index in [2.05, 4.69) is 5.32 Å². The lowest BCUT2D eigenvalue weighted by molar-refractivity contribution is 0.0794. The van der Waals surface area contributed by atoms with Crippen molar-refractivity contribution in [2.75, 3.05) is 26.0 Å². The number of rotatable bonds is 7. The molecule has 1 aromatic rings. The minimum atomic E-state index is -3.69. The summed E-state index contributed by atoms with van der Waals surface area (Å²) in [5.41, 5.74) is 0.516. The second-order valence-electron chi connectivity index (χ2n) is 5.89. The first-order valence-corrected chi connectivity index (χ1v) is 10.3. The molecule has 1 atom stereocenters. The van der Waals surface area contributed by atoms with Crippen molar-refractivity contribution < 1.29 is 22.1 Å². The van der Waals surface area contributed by atoms with Crippen molar-refractivity contribution in [1.82, 2.24) is 10.2 Å². The Kier molecular flexibility index (Phi) is 6.92. The second-order valence-corrected chi connectivity index (χ2v) is 7.90. The Labute approximate surface area is 153 Å². The minimum Gasteiger partial charge on any atom is -0.382 e. The number of nitrogens with zero attached hydrogens (tertiary/aromatic N) is 1. The molecular formula is C16H23ClN2O5S. The number of nitrogens with one attached hydrogen (secondary N) is 1. The summed E-state index contributed by atoms with van der Waals surface area (Å²) in [6, 6.07) is 4.38. The Bertz CT molecular complexity index is 704. The van der Waals surface area contributed by atoms with Crippen molar-refractivity contribution in [2.24, 2.45) is 0 Å². The van der Waals surface area contributed by atoms with Crippen LogP contribution in [-0.4, -0.2) is 51.4 Å². The van der Waals surface area contributed by atoms with Crippen molar-refractivity contribution in [3.05, 3.63) is 28.8 Å². The Balaban J connectivity index is 2.23. The van der Waals surface area contributed by atoms with Gasteiger partial charge < -0.3 is 19.1 Å². The molecule has 1 aromatic carbocycles. The van der Waals surface area contributed by atoms with Crippen molar-refractivity contribution in [1.29, 1.82) is 0 Å². The lowest BCUT2D eigenvalue weighted by Gasteiger charge is -2.26. The fourth-order valence-corrected chi connectivity index (χ4v) is 3.32. The van der Waals surface area contributed by atoms with E-state index in [9.17, 15) is 13.2 Å². The molecule has 0 unspecified atom stereocenters. The predicted octanol–water partition coefficient (Wildman–Crippen LogP) is 2.39. The Morgan fingerprint density at radius 3 is 2.84 bits per heavy atom. The molecule has 0 spiro atoms. The van der Waals surface area contributed by atoms with Crippen LogP contribution >= 0.6 is 11.6 Å². The van der Waals surface area contributed by atoms with Crippen LogP contribution in [0.5, 0.6) is 5.75 Å². The predicted molar refractivity (Wildman–Crippen MR) is 95.4 cm³/mol. The summed E-state index contributed by atoms with van der Waals surface area (Å²) in [4.78, 5) is 14.0. The lowest BCUT2D eigenvalue weighted by Crippen LogP contribution is -2.43. The highest BCUT2D eigenvalue weighted by atomic mass is 35.5. The molecule has 140 valence electrons. The quantitative estimate of drug-likeness (QED) is 0.722. The smallest absolute Gasteiger partial charge is 0.317 e. The van der Waals surface area contributed by atoms with Crippen molar-refractivity contribution in [2.45, 2.75) is 32.4 Å². The average molecular weight is 391 g/mol. The molecule has 1 aliphatic heterocycles. The molecule has 0 radical (unpaired) electrons. The zero-order valence-corrected chi connectivity index (χ0v) is 15.9. The van der Waals surface area contributed by atoms with Crippen LogP contribution in [0.1, 0.15) is 25.3 Å². The van der Waals surface area contributed by atoms with Crippen LogP contribution in [0.2, 0.25) is 5.02 Å². The number of ether oxygens (including phenoxy) is 1. The maximum Gasteiger partial charge on any atom is 0.317 e. The summed E-state index contributed by atoms with van der Waals surface area (Å²) in [6.07, 6.45) is 2.80. The molecule has 1 heterocycles. The summed E-state index contributed by atoms with van der Waals surface area (Å²) >= 11 is 6.03. The van der Waals surface area contributed by atoms with E-state index in [4.69, 9.17) is 20.5 Å². The molecule has 1 fully saturated rings. The number of hydrogen-bond donors (Lipinski definition) is 1. The van der Waals surface area contributed by atoms with Gasteiger partial charge in [0.2, 0.25) is 0 Å². The molecule has 0 aliphatic carbocycles. The van der Waals surface area contributed by atoms with E-state index in [1.165, 1.54) is 6.07 Å². The van der Waals surface area contributed by atoms with Crippen LogP contribution in [0.3, 0.4) is 0 Å². The van der Waals surface area contributed by atoms with E-state index in [0.29, 0.717) is 30.3 Å². The first-order valence-electron chi connectivity index (χ1n) is 8.10. The van der Waals surface area contributed by atoms with E-state index >= 15 is 0 Å². The standard InChI is InChI=1S/C16H23ClN2O5S/c1-3-18-16(20)19(11-14-5-4-8-23-14)10-12-9-13(17)6-7-15(12)24-25(2,21)22/h6-7,9,14H,3-5,8,10-11H2,1-2H3,(H,18,20)/t14-/m0/s1. The highest BCUT2D eigenvalue weighted by Crippen LogP contribution is 2.26. The lowest BCUT2D eigenvalue weighted by atomic mass is 10.1. The molecule has 1 saturated heterocycles.